The molecule has 180 valence electrons. The molecular weight excluding hydrogens is 550 g/mol. The maximum atomic E-state index is 14.4. The fourth-order valence-electron chi connectivity index (χ4n) is 3.23. The molecule has 0 bridgehead atoms. The van der Waals surface area contributed by atoms with Crippen molar-refractivity contribution in [3.05, 3.63) is 68.2 Å². The summed E-state index contributed by atoms with van der Waals surface area (Å²) in [5, 5.41) is 3.87. The lowest BCUT2D eigenvalue weighted by Crippen LogP contribution is -2.12. The Balaban J connectivity index is 1.53. The Labute approximate surface area is 223 Å². The summed E-state index contributed by atoms with van der Waals surface area (Å²) in [5.74, 6) is 0.195. The molecule has 12 heteroatoms. The number of aromatic nitrogens is 3. The molecule has 2 aromatic heterocycles. The zero-order valence-electron chi connectivity index (χ0n) is 18.2. The largest absolute Gasteiger partial charge is 0.337 e. The molecule has 0 radical (unpaired) electrons. The first-order valence-electron chi connectivity index (χ1n) is 10.2. The molecule has 0 aliphatic carbocycles. The molecule has 4 aromatic rings. The van der Waals surface area contributed by atoms with Crippen LogP contribution in [0.25, 0.3) is 10.9 Å². The van der Waals surface area contributed by atoms with Gasteiger partial charge >= 0.3 is 0 Å². The number of rotatable bonds is 9. The monoisotopic (exact) mass is 566 g/mol. The number of nitrogens with one attached hydrogen (secondary N) is 1. The van der Waals surface area contributed by atoms with Crippen LogP contribution in [0.15, 0.2) is 47.1 Å². The molecule has 35 heavy (non-hydrogen) atoms. The van der Waals surface area contributed by atoms with Crippen molar-refractivity contribution >= 4 is 92.5 Å². The number of Topliss-reactive ketones (excluding diaryl/α,β-unsaturated/α-hetero) is 2. The Hall–Kier alpha value is -2.37. The molecule has 1 N–H and O–H groups in total. The second-order valence-corrected chi connectivity index (χ2v) is 11.4. The molecular formula is C23H17Cl2FN4O2S3. The zero-order valence-corrected chi connectivity index (χ0v) is 22.1. The van der Waals surface area contributed by atoms with E-state index in [1.807, 2.05) is 6.07 Å². The molecule has 0 spiro atoms. The summed E-state index contributed by atoms with van der Waals surface area (Å²) in [6, 6.07) is 7.90. The molecule has 0 atom stereocenters. The van der Waals surface area contributed by atoms with Gasteiger partial charge in [0.1, 0.15) is 23.7 Å². The fraction of sp³-hybridized carbons (Fsp3) is 0.174. The van der Waals surface area contributed by atoms with Gasteiger partial charge in [0.25, 0.3) is 0 Å². The minimum absolute atomic E-state index is 0.0387. The van der Waals surface area contributed by atoms with Crippen LogP contribution in [0.2, 0.25) is 10.0 Å². The number of benzene rings is 2. The molecule has 4 rings (SSSR count). The average molecular weight is 568 g/mol. The van der Waals surface area contributed by atoms with E-state index in [4.69, 9.17) is 35.4 Å². The molecule has 0 saturated carbocycles. The quantitative estimate of drug-likeness (QED) is 0.134. The van der Waals surface area contributed by atoms with Crippen LogP contribution < -0.4 is 5.32 Å². The number of carbonyl (C=O) groups is 2. The van der Waals surface area contributed by atoms with Gasteiger partial charge in [-0.05, 0) is 49.0 Å². The highest BCUT2D eigenvalue weighted by molar-refractivity contribution is 8.01. The van der Waals surface area contributed by atoms with Crippen molar-refractivity contribution in [3.63, 3.8) is 0 Å². The molecule has 0 unspecified atom stereocenters. The summed E-state index contributed by atoms with van der Waals surface area (Å²) in [6.07, 6.45) is 3.34. The summed E-state index contributed by atoms with van der Waals surface area (Å²) in [6.45, 7) is 1.66. The number of ketones is 2. The van der Waals surface area contributed by atoms with E-state index in [0.717, 1.165) is 15.8 Å². The summed E-state index contributed by atoms with van der Waals surface area (Å²) in [4.78, 5) is 32.5. The molecule has 0 amide bonds. The van der Waals surface area contributed by atoms with Gasteiger partial charge in [0, 0.05) is 18.0 Å². The smallest absolute Gasteiger partial charge is 0.162 e. The average Bonchev–Trinajstić information content (AvgIpc) is 3.15. The van der Waals surface area contributed by atoms with Gasteiger partial charge in [-0.3, -0.25) is 9.59 Å². The molecule has 0 fully saturated rings. The maximum absolute atomic E-state index is 14.4. The Kier molecular flexibility index (Phi) is 8.18. The lowest BCUT2D eigenvalue weighted by molar-refractivity contribution is -0.119. The summed E-state index contributed by atoms with van der Waals surface area (Å²) in [7, 11) is 0. The molecule has 2 aromatic carbocycles. The maximum Gasteiger partial charge on any atom is 0.162 e. The van der Waals surface area contributed by atoms with Crippen LogP contribution in [0.5, 0.6) is 0 Å². The first kappa shape index (κ1) is 25.7. The first-order chi connectivity index (χ1) is 16.7. The lowest BCUT2D eigenvalue weighted by atomic mass is 10.1. The van der Waals surface area contributed by atoms with Gasteiger partial charge in [0.2, 0.25) is 0 Å². The number of hydrogen-bond acceptors (Lipinski definition) is 8. The normalized spacial score (nSPS) is 11.1. The lowest BCUT2D eigenvalue weighted by Gasteiger charge is -2.11. The highest BCUT2D eigenvalue weighted by atomic mass is 35.5. The van der Waals surface area contributed by atoms with E-state index in [1.165, 1.54) is 42.4 Å². The van der Waals surface area contributed by atoms with E-state index in [1.54, 1.807) is 22.9 Å². The van der Waals surface area contributed by atoms with Gasteiger partial charge in [-0.2, -0.15) is 0 Å². The Morgan fingerprint density at radius 1 is 1.20 bits per heavy atom. The number of thioether (sulfide) groups is 1. The van der Waals surface area contributed by atoms with E-state index in [9.17, 15) is 14.0 Å². The van der Waals surface area contributed by atoms with E-state index in [-0.39, 0.29) is 40.3 Å². The van der Waals surface area contributed by atoms with Gasteiger partial charge in [-0.15, -0.1) is 11.8 Å². The standard InChI is InChI=1S/C23H17Cl2FN4O2S3/c1-12(31)10-34-21-9-30(23(33)35-21)8-14(32)4-13-2-3-19-15(5-13)22(28-11-27-19)29-20-7-17(25)16(24)6-18(20)26/h2-3,5-7,9,11H,4,8,10H2,1H3,(H,27,28,29). The highest BCUT2D eigenvalue weighted by Crippen LogP contribution is 2.31. The SMILES string of the molecule is CC(=O)CSc1cn(CC(=O)Cc2ccc3ncnc(Nc4cc(Cl)c(Cl)cc4F)c3c2)c(=S)s1. The van der Waals surface area contributed by atoms with Gasteiger partial charge in [-0.25, -0.2) is 14.4 Å². The Morgan fingerprint density at radius 2 is 1.97 bits per heavy atom. The van der Waals surface area contributed by atoms with Crippen LogP contribution in [0.4, 0.5) is 15.9 Å². The number of fused-ring (bicyclic) bond motifs is 1. The first-order valence-corrected chi connectivity index (χ1v) is 13.2. The number of anilines is 2. The van der Waals surface area contributed by atoms with E-state index in [0.29, 0.717) is 26.4 Å². The van der Waals surface area contributed by atoms with Gasteiger partial charge in [0.15, 0.2) is 9.74 Å². The van der Waals surface area contributed by atoms with Crippen molar-refractivity contribution in [1.29, 1.82) is 0 Å². The predicted octanol–water partition coefficient (Wildman–Crippen LogP) is 6.90. The van der Waals surface area contributed by atoms with Gasteiger partial charge in [-0.1, -0.05) is 40.6 Å². The van der Waals surface area contributed by atoms with Crippen LogP contribution in [0, 0.1) is 9.77 Å². The third-order valence-electron chi connectivity index (χ3n) is 4.81. The number of carbonyl (C=O) groups excluding carboxylic acids is 2. The van der Waals surface area contributed by atoms with Crippen molar-refractivity contribution in [1.82, 2.24) is 14.5 Å². The third-order valence-corrected chi connectivity index (χ3v) is 8.28. The topological polar surface area (TPSA) is 76.9 Å². The predicted molar refractivity (Wildman–Crippen MR) is 142 cm³/mol. The van der Waals surface area contributed by atoms with Crippen molar-refractivity contribution in [3.8, 4) is 0 Å². The van der Waals surface area contributed by atoms with E-state index >= 15 is 0 Å². The molecule has 2 heterocycles. The van der Waals surface area contributed by atoms with Crippen LogP contribution in [-0.2, 0) is 22.6 Å². The van der Waals surface area contributed by atoms with Crippen LogP contribution in [0.3, 0.4) is 0 Å². The van der Waals surface area contributed by atoms with Crippen molar-refractivity contribution in [2.24, 2.45) is 0 Å². The summed E-state index contributed by atoms with van der Waals surface area (Å²) < 4.78 is 17.6. The number of nitrogens with zero attached hydrogens (tertiary/aromatic N) is 3. The van der Waals surface area contributed by atoms with Crippen LogP contribution in [0.1, 0.15) is 12.5 Å². The summed E-state index contributed by atoms with van der Waals surface area (Å²) in [5.41, 5.74) is 1.50. The number of hydrogen-bond donors (Lipinski definition) is 1. The minimum atomic E-state index is -0.578. The fourth-order valence-corrected chi connectivity index (χ4v) is 5.88. The van der Waals surface area contributed by atoms with E-state index < -0.39 is 5.82 Å². The van der Waals surface area contributed by atoms with Gasteiger partial charge < -0.3 is 9.88 Å². The summed E-state index contributed by atoms with van der Waals surface area (Å²) >= 11 is 20.0. The zero-order chi connectivity index (χ0) is 25.1. The second-order valence-electron chi connectivity index (χ2n) is 7.60. The number of halogens is 3. The van der Waals surface area contributed by atoms with Crippen LogP contribution >= 0.6 is 58.5 Å². The van der Waals surface area contributed by atoms with Crippen LogP contribution in [-0.4, -0.2) is 31.9 Å². The Bertz CT molecular complexity index is 1510. The van der Waals surface area contributed by atoms with Crippen molar-refractivity contribution in [2.75, 3.05) is 11.1 Å². The molecule has 0 saturated heterocycles. The minimum Gasteiger partial charge on any atom is -0.337 e. The molecule has 0 aliphatic heterocycles. The van der Waals surface area contributed by atoms with Crippen molar-refractivity contribution < 1.29 is 14.0 Å². The molecule has 0 aliphatic rings. The highest BCUT2D eigenvalue weighted by Gasteiger charge is 2.13. The Morgan fingerprint density at radius 3 is 2.74 bits per heavy atom. The van der Waals surface area contributed by atoms with Crippen molar-refractivity contribution in [2.45, 2.75) is 24.1 Å². The number of thiazole rings is 1. The third kappa shape index (κ3) is 6.45. The molecule has 6 nitrogen and oxygen atoms in total. The second kappa shape index (κ2) is 11.1. The van der Waals surface area contributed by atoms with Gasteiger partial charge in [0.05, 0.1) is 37.8 Å². The van der Waals surface area contributed by atoms with E-state index in [2.05, 4.69) is 15.3 Å².